The molecule has 0 spiro atoms. The van der Waals surface area contributed by atoms with Crippen molar-refractivity contribution in [2.75, 3.05) is 5.32 Å². The molecule has 0 saturated carbocycles. The molecular formula is C23H21NO3S2. The van der Waals surface area contributed by atoms with Crippen LogP contribution in [-0.2, 0) is 27.5 Å². The smallest absolute Gasteiger partial charge is 0.249 e. The Labute approximate surface area is 174 Å². The van der Waals surface area contributed by atoms with E-state index in [9.17, 15) is 13.2 Å². The summed E-state index contributed by atoms with van der Waals surface area (Å²) in [6.45, 7) is 0. The average molecular weight is 424 g/mol. The van der Waals surface area contributed by atoms with Gasteiger partial charge in [-0.1, -0.05) is 48.5 Å². The molecule has 6 heteroatoms. The molecule has 2 aromatic carbocycles. The van der Waals surface area contributed by atoms with Crippen molar-refractivity contribution in [1.82, 2.24) is 0 Å². The Bertz CT molecular complexity index is 1150. The number of carbonyl (C=O) groups is 1. The lowest BCUT2D eigenvalue weighted by Gasteiger charge is -2.13. The van der Waals surface area contributed by atoms with Crippen LogP contribution in [0, 0.1) is 0 Å². The summed E-state index contributed by atoms with van der Waals surface area (Å²) in [4.78, 5) is 14.1. The maximum Gasteiger partial charge on any atom is 0.249 e. The number of sulfone groups is 1. The molecule has 0 radical (unpaired) electrons. The van der Waals surface area contributed by atoms with Gasteiger partial charge in [0.1, 0.15) is 9.90 Å². The molecule has 0 atom stereocenters. The van der Waals surface area contributed by atoms with Gasteiger partial charge in [-0.15, -0.1) is 11.3 Å². The van der Waals surface area contributed by atoms with Gasteiger partial charge in [0.2, 0.25) is 15.7 Å². The van der Waals surface area contributed by atoms with E-state index in [0.29, 0.717) is 5.00 Å². The molecule has 0 fully saturated rings. The van der Waals surface area contributed by atoms with Gasteiger partial charge in [-0.05, 0) is 55.0 Å². The highest BCUT2D eigenvalue weighted by molar-refractivity contribution is 7.92. The molecule has 0 aliphatic heterocycles. The van der Waals surface area contributed by atoms with Crippen LogP contribution in [-0.4, -0.2) is 14.3 Å². The fourth-order valence-electron chi connectivity index (χ4n) is 3.51. The summed E-state index contributed by atoms with van der Waals surface area (Å²) in [5.41, 5.74) is 1.78. The van der Waals surface area contributed by atoms with Crippen LogP contribution in [0.15, 0.2) is 76.5 Å². The van der Waals surface area contributed by atoms with Gasteiger partial charge in [0.05, 0.1) is 4.90 Å². The second-order valence-electron chi connectivity index (χ2n) is 6.92. The summed E-state index contributed by atoms with van der Waals surface area (Å²) >= 11 is 1.39. The number of amides is 1. The Morgan fingerprint density at radius 1 is 0.931 bits per heavy atom. The number of carbonyl (C=O) groups excluding carboxylic acids is 1. The van der Waals surface area contributed by atoms with Crippen LogP contribution in [0.1, 0.15) is 28.8 Å². The van der Waals surface area contributed by atoms with Crippen LogP contribution in [0.4, 0.5) is 5.00 Å². The number of anilines is 1. The van der Waals surface area contributed by atoms with E-state index >= 15 is 0 Å². The quantitative estimate of drug-likeness (QED) is 0.580. The highest BCUT2D eigenvalue weighted by Crippen LogP contribution is 2.43. The second kappa shape index (κ2) is 8.35. The largest absolute Gasteiger partial charge is 0.313 e. The summed E-state index contributed by atoms with van der Waals surface area (Å²) < 4.78 is 26.8. The Hall–Kier alpha value is -2.70. The summed E-state index contributed by atoms with van der Waals surface area (Å²) in [6.07, 6.45) is 6.74. The molecule has 1 N–H and O–H groups in total. The van der Waals surface area contributed by atoms with Gasteiger partial charge in [-0.3, -0.25) is 4.79 Å². The lowest BCUT2D eigenvalue weighted by molar-refractivity contribution is -0.111. The van der Waals surface area contributed by atoms with Crippen LogP contribution in [0.2, 0.25) is 0 Å². The normalized spacial score (nSPS) is 13.9. The van der Waals surface area contributed by atoms with Gasteiger partial charge in [-0.25, -0.2) is 8.42 Å². The number of rotatable bonds is 5. The van der Waals surface area contributed by atoms with E-state index in [1.807, 2.05) is 30.3 Å². The summed E-state index contributed by atoms with van der Waals surface area (Å²) in [7, 11) is -3.71. The molecule has 1 amide bonds. The SMILES string of the molecule is O=C(/C=C/c1ccccc1)Nc1sc2c(c1S(=O)(=O)c1ccccc1)CCCC2. The molecule has 3 aromatic rings. The van der Waals surface area contributed by atoms with Crippen molar-refractivity contribution >= 4 is 38.2 Å². The Kier molecular flexibility index (Phi) is 5.65. The minimum Gasteiger partial charge on any atom is -0.313 e. The predicted octanol–water partition coefficient (Wildman–Crippen LogP) is 5.11. The fourth-order valence-corrected chi connectivity index (χ4v) is 6.81. The third kappa shape index (κ3) is 4.18. The predicted molar refractivity (Wildman–Crippen MR) is 117 cm³/mol. The van der Waals surface area contributed by atoms with Gasteiger partial charge in [0.25, 0.3) is 0 Å². The van der Waals surface area contributed by atoms with Crippen LogP contribution < -0.4 is 5.32 Å². The molecule has 1 aromatic heterocycles. The summed E-state index contributed by atoms with van der Waals surface area (Å²) in [6, 6.07) is 17.9. The highest BCUT2D eigenvalue weighted by Gasteiger charge is 2.31. The standard InChI is InChI=1S/C23H21NO3S2/c25-21(16-15-17-9-3-1-4-10-17)24-23-22(19-13-7-8-14-20(19)28-23)29(26,27)18-11-5-2-6-12-18/h1-6,9-12,15-16H,7-8,13-14H2,(H,24,25)/b16-15+. The molecule has 148 valence electrons. The van der Waals surface area contributed by atoms with E-state index in [2.05, 4.69) is 5.32 Å². The number of hydrogen-bond acceptors (Lipinski definition) is 4. The van der Waals surface area contributed by atoms with Gasteiger partial charge < -0.3 is 5.32 Å². The second-order valence-corrected chi connectivity index (χ2v) is 9.91. The molecule has 0 unspecified atom stereocenters. The highest BCUT2D eigenvalue weighted by atomic mass is 32.2. The minimum absolute atomic E-state index is 0.251. The fraction of sp³-hybridized carbons (Fsp3) is 0.174. The van der Waals surface area contributed by atoms with E-state index in [4.69, 9.17) is 0 Å². The van der Waals surface area contributed by atoms with Gasteiger partial charge >= 0.3 is 0 Å². The summed E-state index contributed by atoms with van der Waals surface area (Å²) in [5.74, 6) is -0.336. The number of nitrogens with one attached hydrogen (secondary N) is 1. The molecule has 1 heterocycles. The summed E-state index contributed by atoms with van der Waals surface area (Å²) in [5, 5.41) is 3.25. The van der Waals surface area contributed by atoms with Crippen molar-refractivity contribution in [2.24, 2.45) is 0 Å². The molecule has 0 saturated heterocycles. The van der Waals surface area contributed by atoms with E-state index < -0.39 is 9.84 Å². The van der Waals surface area contributed by atoms with Gasteiger partial charge in [0.15, 0.2) is 0 Å². The molecule has 1 aliphatic carbocycles. The van der Waals surface area contributed by atoms with Crippen molar-refractivity contribution < 1.29 is 13.2 Å². The van der Waals surface area contributed by atoms with E-state index in [-0.39, 0.29) is 15.7 Å². The first-order chi connectivity index (χ1) is 14.1. The lowest BCUT2D eigenvalue weighted by atomic mass is 9.99. The zero-order valence-electron chi connectivity index (χ0n) is 15.8. The zero-order chi connectivity index (χ0) is 20.3. The first-order valence-corrected chi connectivity index (χ1v) is 11.8. The average Bonchev–Trinajstić information content (AvgIpc) is 3.12. The Balaban J connectivity index is 1.70. The van der Waals surface area contributed by atoms with Crippen LogP contribution in [0.5, 0.6) is 0 Å². The van der Waals surface area contributed by atoms with Crippen molar-refractivity contribution in [3.63, 3.8) is 0 Å². The third-order valence-corrected chi connectivity index (χ3v) is 8.13. The van der Waals surface area contributed by atoms with Crippen molar-refractivity contribution in [1.29, 1.82) is 0 Å². The number of aryl methyl sites for hydroxylation is 1. The third-order valence-electron chi connectivity index (χ3n) is 4.91. The van der Waals surface area contributed by atoms with Crippen molar-refractivity contribution in [3.8, 4) is 0 Å². The molecule has 4 nitrogen and oxygen atoms in total. The Morgan fingerprint density at radius 3 is 2.31 bits per heavy atom. The molecule has 29 heavy (non-hydrogen) atoms. The van der Waals surface area contributed by atoms with Gasteiger partial charge in [-0.2, -0.15) is 0 Å². The monoisotopic (exact) mass is 423 g/mol. The number of fused-ring (bicyclic) bond motifs is 1. The number of thiophene rings is 1. The van der Waals surface area contributed by atoms with E-state index in [0.717, 1.165) is 41.7 Å². The molecule has 0 bridgehead atoms. The number of benzene rings is 2. The minimum atomic E-state index is -3.71. The Morgan fingerprint density at radius 2 is 1.59 bits per heavy atom. The number of hydrogen-bond donors (Lipinski definition) is 1. The molecule has 1 aliphatic rings. The molecule has 4 rings (SSSR count). The first kappa shape index (κ1) is 19.6. The van der Waals surface area contributed by atoms with Crippen molar-refractivity contribution in [2.45, 2.75) is 35.5 Å². The van der Waals surface area contributed by atoms with E-state index in [1.54, 1.807) is 36.4 Å². The zero-order valence-corrected chi connectivity index (χ0v) is 17.4. The van der Waals surface area contributed by atoms with Gasteiger partial charge in [0, 0.05) is 11.0 Å². The first-order valence-electron chi connectivity index (χ1n) is 9.54. The molecular weight excluding hydrogens is 402 g/mol. The van der Waals surface area contributed by atoms with Crippen LogP contribution in [0.25, 0.3) is 6.08 Å². The lowest BCUT2D eigenvalue weighted by Crippen LogP contribution is -2.12. The van der Waals surface area contributed by atoms with Crippen molar-refractivity contribution in [3.05, 3.63) is 82.7 Å². The van der Waals surface area contributed by atoms with Crippen LogP contribution in [0.3, 0.4) is 0 Å². The maximum atomic E-state index is 13.4. The van der Waals surface area contributed by atoms with Crippen LogP contribution >= 0.6 is 11.3 Å². The maximum absolute atomic E-state index is 13.4. The topological polar surface area (TPSA) is 63.2 Å². The van der Waals surface area contributed by atoms with E-state index in [1.165, 1.54) is 17.4 Å².